The van der Waals surface area contributed by atoms with E-state index in [1.807, 2.05) is 6.07 Å². The van der Waals surface area contributed by atoms with Crippen LogP contribution in [-0.4, -0.2) is 11.4 Å². The second-order valence-corrected chi connectivity index (χ2v) is 2.22. The third kappa shape index (κ3) is 2.22. The van der Waals surface area contributed by atoms with Gasteiger partial charge >= 0.3 is 0 Å². The zero-order chi connectivity index (χ0) is 8.81. The average Bonchev–Trinajstić information content (AvgIpc) is 2.15. The van der Waals surface area contributed by atoms with Crippen LogP contribution in [0.5, 0.6) is 0 Å². The molecule has 0 aliphatic rings. The van der Waals surface area contributed by atoms with E-state index in [0.717, 1.165) is 0 Å². The Bertz CT molecular complexity index is 306. The molecule has 0 saturated heterocycles. The predicted octanol–water partition coefficient (Wildman–Crippen LogP) is 0.922. The van der Waals surface area contributed by atoms with Crippen LogP contribution in [0, 0.1) is 11.8 Å². The number of carbonyl (C=O) groups is 1. The first-order chi connectivity index (χ1) is 5.84. The van der Waals surface area contributed by atoms with E-state index in [0.29, 0.717) is 11.8 Å². The quantitative estimate of drug-likeness (QED) is 0.490. The highest BCUT2D eigenvalue weighted by Crippen LogP contribution is 2.09. The number of hydrogen-bond acceptors (Lipinski definition) is 2. The molecule has 60 valence electrons. The summed E-state index contributed by atoms with van der Waals surface area (Å²) in [6.07, 6.45) is -0.400. The highest BCUT2D eigenvalue weighted by molar-refractivity contribution is 5.72. The third-order valence-electron chi connectivity index (χ3n) is 1.39. The largest absolute Gasteiger partial charge is 0.376 e. The van der Waals surface area contributed by atoms with Crippen molar-refractivity contribution in [1.82, 2.24) is 0 Å². The molecule has 0 spiro atoms. The molecule has 2 heteroatoms. The van der Waals surface area contributed by atoms with Crippen molar-refractivity contribution in [1.29, 1.82) is 0 Å². The van der Waals surface area contributed by atoms with E-state index in [4.69, 9.17) is 0 Å². The summed E-state index contributed by atoms with van der Waals surface area (Å²) in [5.41, 5.74) is 0.701. The van der Waals surface area contributed by atoms with Gasteiger partial charge in [0.15, 0.2) is 6.29 Å². The van der Waals surface area contributed by atoms with Crippen LogP contribution in [0.3, 0.4) is 0 Å². The fourth-order valence-corrected chi connectivity index (χ4v) is 0.832. The van der Waals surface area contributed by atoms with E-state index in [1.165, 1.54) is 0 Å². The van der Waals surface area contributed by atoms with Gasteiger partial charge in [0.2, 0.25) is 0 Å². The van der Waals surface area contributed by atoms with Crippen molar-refractivity contribution in [3.05, 3.63) is 35.9 Å². The first-order valence-electron chi connectivity index (χ1n) is 3.52. The van der Waals surface area contributed by atoms with Gasteiger partial charge < -0.3 is 5.11 Å². The maximum Gasteiger partial charge on any atom is 0.192 e. The lowest BCUT2D eigenvalue weighted by atomic mass is 10.1. The molecule has 12 heavy (non-hydrogen) atoms. The standard InChI is InChI=1S/C10H8O2/c11-8-4-7-10(12)9-5-2-1-3-6-9/h1-3,5-6,8,10,12H. The number of benzene rings is 1. The van der Waals surface area contributed by atoms with E-state index in [1.54, 1.807) is 24.3 Å². The van der Waals surface area contributed by atoms with Crippen molar-refractivity contribution in [2.45, 2.75) is 6.10 Å². The summed E-state index contributed by atoms with van der Waals surface area (Å²) in [5, 5.41) is 9.32. The Labute approximate surface area is 70.8 Å². The molecule has 1 N–H and O–H groups in total. The molecule has 2 nitrogen and oxygen atoms in total. The number of aliphatic hydroxyl groups excluding tert-OH is 1. The smallest absolute Gasteiger partial charge is 0.192 e. The molecule has 0 aliphatic heterocycles. The van der Waals surface area contributed by atoms with Crippen molar-refractivity contribution >= 4 is 6.29 Å². The zero-order valence-corrected chi connectivity index (χ0v) is 6.40. The monoisotopic (exact) mass is 160 g/mol. The van der Waals surface area contributed by atoms with Crippen molar-refractivity contribution in [2.75, 3.05) is 0 Å². The summed E-state index contributed by atoms with van der Waals surface area (Å²) in [5.74, 6) is 4.55. The maximum absolute atomic E-state index is 9.86. The first kappa shape index (κ1) is 8.51. The number of aliphatic hydroxyl groups is 1. The minimum atomic E-state index is -0.864. The molecule has 0 aromatic heterocycles. The molecule has 1 aromatic rings. The van der Waals surface area contributed by atoms with Gasteiger partial charge in [-0.25, -0.2) is 0 Å². The first-order valence-corrected chi connectivity index (χ1v) is 3.52. The third-order valence-corrected chi connectivity index (χ3v) is 1.39. The van der Waals surface area contributed by atoms with Crippen LogP contribution in [0.25, 0.3) is 0 Å². The minimum Gasteiger partial charge on any atom is -0.376 e. The van der Waals surface area contributed by atoms with Gasteiger partial charge in [0, 0.05) is 0 Å². The Morgan fingerprint density at radius 1 is 1.33 bits per heavy atom. The van der Waals surface area contributed by atoms with Gasteiger partial charge in [-0.1, -0.05) is 36.3 Å². The number of carbonyl (C=O) groups excluding carboxylic acids is 1. The second-order valence-electron chi connectivity index (χ2n) is 2.22. The molecule has 0 fully saturated rings. The van der Waals surface area contributed by atoms with Crippen LogP contribution in [0.15, 0.2) is 30.3 Å². The summed E-state index contributed by atoms with van der Waals surface area (Å²) >= 11 is 0. The highest BCUT2D eigenvalue weighted by atomic mass is 16.3. The van der Waals surface area contributed by atoms with Gasteiger partial charge in [-0.3, -0.25) is 4.79 Å². The lowest BCUT2D eigenvalue weighted by Crippen LogP contribution is -1.92. The van der Waals surface area contributed by atoms with E-state index >= 15 is 0 Å². The SMILES string of the molecule is O=CC#CC(O)c1ccccc1. The van der Waals surface area contributed by atoms with Gasteiger partial charge in [-0.2, -0.15) is 0 Å². The van der Waals surface area contributed by atoms with Crippen LogP contribution >= 0.6 is 0 Å². The molecule has 0 heterocycles. The van der Waals surface area contributed by atoms with Gasteiger partial charge in [-0.05, 0) is 11.5 Å². The summed E-state index contributed by atoms with van der Waals surface area (Å²) in [7, 11) is 0. The molecule has 0 bridgehead atoms. The molecule has 0 amide bonds. The Morgan fingerprint density at radius 3 is 2.58 bits per heavy atom. The molecular weight excluding hydrogens is 152 g/mol. The van der Waals surface area contributed by atoms with Crippen molar-refractivity contribution in [3.8, 4) is 11.8 Å². The van der Waals surface area contributed by atoms with E-state index < -0.39 is 6.10 Å². The number of aldehydes is 1. The number of rotatable bonds is 1. The predicted molar refractivity (Wildman–Crippen MR) is 45.2 cm³/mol. The normalized spacial score (nSPS) is 11.1. The minimum absolute atomic E-state index is 0.464. The lowest BCUT2D eigenvalue weighted by molar-refractivity contribution is -0.103. The zero-order valence-electron chi connectivity index (χ0n) is 6.40. The van der Waals surface area contributed by atoms with E-state index in [9.17, 15) is 9.90 Å². The number of hydrogen-bond donors (Lipinski definition) is 1. The summed E-state index contributed by atoms with van der Waals surface area (Å²) < 4.78 is 0. The molecule has 1 unspecified atom stereocenters. The summed E-state index contributed by atoms with van der Waals surface area (Å²) in [6.45, 7) is 0. The molecule has 1 aromatic carbocycles. The Balaban J connectivity index is 2.78. The average molecular weight is 160 g/mol. The molecule has 0 aliphatic carbocycles. The maximum atomic E-state index is 9.86. The molecular formula is C10H8O2. The molecule has 0 radical (unpaired) electrons. The van der Waals surface area contributed by atoms with Crippen molar-refractivity contribution in [2.24, 2.45) is 0 Å². The molecule has 1 atom stereocenters. The topological polar surface area (TPSA) is 37.3 Å². The Kier molecular flexibility index (Phi) is 3.06. The van der Waals surface area contributed by atoms with Crippen LogP contribution in [0.2, 0.25) is 0 Å². The van der Waals surface area contributed by atoms with Gasteiger partial charge in [-0.15, -0.1) is 0 Å². The molecule has 0 saturated carbocycles. The Morgan fingerprint density at radius 2 is 2.00 bits per heavy atom. The molecule has 1 rings (SSSR count). The van der Waals surface area contributed by atoms with Crippen LogP contribution < -0.4 is 0 Å². The lowest BCUT2D eigenvalue weighted by Gasteiger charge is -2.00. The van der Waals surface area contributed by atoms with Crippen LogP contribution in [0.1, 0.15) is 11.7 Å². The van der Waals surface area contributed by atoms with Gasteiger partial charge in [0.25, 0.3) is 0 Å². The van der Waals surface area contributed by atoms with E-state index in [-0.39, 0.29) is 0 Å². The van der Waals surface area contributed by atoms with E-state index in [2.05, 4.69) is 11.8 Å². The van der Waals surface area contributed by atoms with Crippen molar-refractivity contribution in [3.63, 3.8) is 0 Å². The van der Waals surface area contributed by atoms with Gasteiger partial charge in [0.05, 0.1) is 0 Å². The summed E-state index contributed by atoms with van der Waals surface area (Å²) in [6, 6.07) is 8.97. The van der Waals surface area contributed by atoms with Crippen molar-refractivity contribution < 1.29 is 9.90 Å². The second kappa shape index (κ2) is 4.32. The van der Waals surface area contributed by atoms with Gasteiger partial charge in [0.1, 0.15) is 6.10 Å². The summed E-state index contributed by atoms with van der Waals surface area (Å²) in [4.78, 5) is 9.86. The fraction of sp³-hybridized carbons (Fsp3) is 0.100. The fourth-order valence-electron chi connectivity index (χ4n) is 0.832. The Hall–Kier alpha value is -1.59. The highest BCUT2D eigenvalue weighted by Gasteiger charge is 1.99. The van der Waals surface area contributed by atoms with Crippen LogP contribution in [-0.2, 0) is 4.79 Å². The van der Waals surface area contributed by atoms with Crippen LogP contribution in [0.4, 0.5) is 0 Å².